The lowest BCUT2D eigenvalue weighted by Crippen LogP contribution is -2.32. The molecule has 0 aromatic carbocycles. The second-order valence-electron chi connectivity index (χ2n) is 7.13. The van der Waals surface area contributed by atoms with Crippen LogP contribution in [0, 0.1) is 5.92 Å². The monoisotopic (exact) mass is 364 g/mol. The van der Waals surface area contributed by atoms with E-state index in [1.54, 1.807) is 11.3 Å². The van der Waals surface area contributed by atoms with Gasteiger partial charge in [0.15, 0.2) is 0 Å². The largest absolute Gasteiger partial charge is 0.462 e. The summed E-state index contributed by atoms with van der Waals surface area (Å²) in [7, 11) is 2.12. The van der Waals surface area contributed by atoms with Crippen LogP contribution in [0.2, 0.25) is 0 Å². The summed E-state index contributed by atoms with van der Waals surface area (Å²) in [5.74, 6) is 0.173. The molecule has 1 aromatic heterocycles. The smallest absolute Gasteiger partial charge is 0.341 e. The van der Waals surface area contributed by atoms with Crippen molar-refractivity contribution in [3.8, 4) is 0 Å². The van der Waals surface area contributed by atoms with E-state index in [1.807, 2.05) is 6.92 Å². The molecule has 0 radical (unpaired) electrons. The zero-order chi connectivity index (χ0) is 17.8. The zero-order valence-electron chi connectivity index (χ0n) is 15.2. The first-order valence-corrected chi connectivity index (χ1v) is 10.2. The summed E-state index contributed by atoms with van der Waals surface area (Å²) in [5.41, 5.74) is 1.71. The molecule has 0 saturated carbocycles. The number of piperidine rings is 1. The molecule has 138 valence electrons. The predicted molar refractivity (Wildman–Crippen MR) is 100 cm³/mol. The van der Waals surface area contributed by atoms with E-state index in [0.717, 1.165) is 57.2 Å². The highest BCUT2D eigenvalue weighted by Crippen LogP contribution is 2.38. The molecule has 1 aromatic rings. The lowest BCUT2D eigenvalue weighted by atomic mass is 9.93. The third kappa shape index (κ3) is 4.42. The molecule has 0 bridgehead atoms. The Balaban J connectivity index is 1.71. The van der Waals surface area contributed by atoms with E-state index in [1.165, 1.54) is 4.88 Å². The van der Waals surface area contributed by atoms with E-state index in [9.17, 15) is 9.59 Å². The molecule has 1 N–H and O–H groups in total. The first-order chi connectivity index (χ1) is 12.1. The van der Waals surface area contributed by atoms with Crippen molar-refractivity contribution < 1.29 is 14.3 Å². The maximum atomic E-state index is 12.5. The van der Waals surface area contributed by atoms with Gasteiger partial charge >= 0.3 is 5.97 Å². The number of likely N-dealkylation sites (tertiary alicyclic amines) is 1. The van der Waals surface area contributed by atoms with Crippen molar-refractivity contribution in [2.75, 3.05) is 32.1 Å². The molecule has 1 amide bonds. The molecule has 2 heterocycles. The van der Waals surface area contributed by atoms with Gasteiger partial charge in [-0.25, -0.2) is 4.79 Å². The highest BCUT2D eigenvalue weighted by molar-refractivity contribution is 7.17. The molecule has 6 heteroatoms. The number of rotatable bonds is 5. The topological polar surface area (TPSA) is 58.6 Å². The second kappa shape index (κ2) is 8.32. The van der Waals surface area contributed by atoms with E-state index in [-0.39, 0.29) is 11.9 Å². The number of carbonyl (C=O) groups excluding carboxylic acids is 2. The van der Waals surface area contributed by atoms with Crippen molar-refractivity contribution >= 4 is 28.2 Å². The van der Waals surface area contributed by atoms with Gasteiger partial charge in [0.2, 0.25) is 5.91 Å². The van der Waals surface area contributed by atoms with Gasteiger partial charge < -0.3 is 15.0 Å². The molecule has 25 heavy (non-hydrogen) atoms. The van der Waals surface area contributed by atoms with Crippen LogP contribution in [0.3, 0.4) is 0 Å². The summed E-state index contributed by atoms with van der Waals surface area (Å²) in [6, 6.07) is 0. The van der Waals surface area contributed by atoms with Crippen LogP contribution in [0.4, 0.5) is 5.00 Å². The number of esters is 1. The minimum Gasteiger partial charge on any atom is -0.462 e. The Morgan fingerprint density at radius 1 is 1.24 bits per heavy atom. The van der Waals surface area contributed by atoms with Gasteiger partial charge in [0, 0.05) is 11.3 Å². The van der Waals surface area contributed by atoms with Gasteiger partial charge in [0.1, 0.15) is 5.00 Å². The SMILES string of the molecule is CCOC(=O)c1c(NC(=O)CC2CCN(C)CC2)sc2c1CCCC2. The molecule has 0 unspecified atom stereocenters. The average Bonchev–Trinajstić information content (AvgIpc) is 2.95. The van der Waals surface area contributed by atoms with Crippen LogP contribution < -0.4 is 5.32 Å². The van der Waals surface area contributed by atoms with Gasteiger partial charge in [0.05, 0.1) is 12.2 Å². The molecule has 1 aliphatic heterocycles. The third-order valence-electron chi connectivity index (χ3n) is 5.22. The summed E-state index contributed by atoms with van der Waals surface area (Å²) in [4.78, 5) is 28.5. The first-order valence-electron chi connectivity index (χ1n) is 9.38. The normalized spacial score (nSPS) is 18.6. The van der Waals surface area contributed by atoms with E-state index in [4.69, 9.17) is 4.74 Å². The average molecular weight is 365 g/mol. The van der Waals surface area contributed by atoms with Crippen LogP contribution in [0.15, 0.2) is 0 Å². The fraction of sp³-hybridized carbons (Fsp3) is 0.684. The van der Waals surface area contributed by atoms with Crippen molar-refractivity contribution in [3.05, 3.63) is 16.0 Å². The lowest BCUT2D eigenvalue weighted by molar-refractivity contribution is -0.117. The van der Waals surface area contributed by atoms with Gasteiger partial charge in [-0.15, -0.1) is 11.3 Å². The minimum absolute atomic E-state index is 0.0266. The summed E-state index contributed by atoms with van der Waals surface area (Å²) in [5, 5.41) is 3.73. The van der Waals surface area contributed by atoms with Gasteiger partial charge in [-0.3, -0.25) is 4.79 Å². The highest BCUT2D eigenvalue weighted by atomic mass is 32.1. The third-order valence-corrected chi connectivity index (χ3v) is 6.42. The molecule has 0 atom stereocenters. The molecule has 1 saturated heterocycles. The van der Waals surface area contributed by atoms with Crippen molar-refractivity contribution in [3.63, 3.8) is 0 Å². The lowest BCUT2D eigenvalue weighted by Gasteiger charge is -2.28. The summed E-state index contributed by atoms with van der Waals surface area (Å²) in [6.07, 6.45) is 6.82. The predicted octanol–water partition coefficient (Wildman–Crippen LogP) is 3.47. The zero-order valence-corrected chi connectivity index (χ0v) is 16.0. The number of nitrogens with zero attached hydrogens (tertiary/aromatic N) is 1. The number of carbonyl (C=O) groups is 2. The standard InChI is InChI=1S/C19H28N2O3S/c1-3-24-19(23)17-14-6-4-5-7-15(14)25-18(17)20-16(22)12-13-8-10-21(2)11-9-13/h13H,3-12H2,1-2H3,(H,20,22). The van der Waals surface area contributed by atoms with Crippen molar-refractivity contribution in [1.82, 2.24) is 4.90 Å². The second-order valence-corrected chi connectivity index (χ2v) is 8.24. The number of anilines is 1. The molecular weight excluding hydrogens is 336 g/mol. The van der Waals surface area contributed by atoms with Crippen LogP contribution in [-0.2, 0) is 22.4 Å². The van der Waals surface area contributed by atoms with E-state index >= 15 is 0 Å². The number of fused-ring (bicyclic) bond motifs is 1. The van der Waals surface area contributed by atoms with Crippen molar-refractivity contribution in [2.45, 2.75) is 51.9 Å². The fourth-order valence-electron chi connectivity index (χ4n) is 3.78. The van der Waals surface area contributed by atoms with E-state index in [2.05, 4.69) is 17.3 Å². The molecule has 1 aliphatic carbocycles. The number of ether oxygens (including phenoxy) is 1. The van der Waals surface area contributed by atoms with Crippen LogP contribution in [-0.4, -0.2) is 43.5 Å². The number of hydrogen-bond acceptors (Lipinski definition) is 5. The van der Waals surface area contributed by atoms with E-state index in [0.29, 0.717) is 29.5 Å². The molecule has 1 fully saturated rings. The van der Waals surface area contributed by atoms with Gasteiger partial charge in [-0.2, -0.15) is 0 Å². The Hall–Kier alpha value is -1.40. The van der Waals surface area contributed by atoms with E-state index < -0.39 is 0 Å². The van der Waals surface area contributed by atoms with Gasteiger partial charge in [0.25, 0.3) is 0 Å². The Kier molecular flexibility index (Phi) is 6.12. The number of aryl methyl sites for hydroxylation is 1. The highest BCUT2D eigenvalue weighted by Gasteiger charge is 2.28. The van der Waals surface area contributed by atoms with Crippen LogP contribution in [0.1, 0.15) is 59.8 Å². The Morgan fingerprint density at radius 3 is 2.68 bits per heavy atom. The Bertz CT molecular complexity index is 633. The maximum Gasteiger partial charge on any atom is 0.341 e. The summed E-state index contributed by atoms with van der Waals surface area (Å²) < 4.78 is 5.25. The molecule has 5 nitrogen and oxygen atoms in total. The summed E-state index contributed by atoms with van der Waals surface area (Å²) >= 11 is 1.57. The van der Waals surface area contributed by atoms with Gasteiger partial charge in [-0.1, -0.05) is 0 Å². The Labute approximate surface area is 153 Å². The maximum absolute atomic E-state index is 12.5. The number of hydrogen-bond donors (Lipinski definition) is 1. The fourth-order valence-corrected chi connectivity index (χ4v) is 5.07. The van der Waals surface area contributed by atoms with Crippen LogP contribution >= 0.6 is 11.3 Å². The quantitative estimate of drug-likeness (QED) is 0.813. The van der Waals surface area contributed by atoms with Crippen LogP contribution in [0.25, 0.3) is 0 Å². The number of thiophene rings is 1. The first kappa shape index (κ1) is 18.4. The van der Waals surface area contributed by atoms with Gasteiger partial charge in [-0.05, 0) is 77.1 Å². The molecule has 3 rings (SSSR count). The molecule has 2 aliphatic rings. The van der Waals surface area contributed by atoms with Crippen molar-refractivity contribution in [2.24, 2.45) is 5.92 Å². The summed E-state index contributed by atoms with van der Waals surface area (Å²) in [6.45, 7) is 4.28. The molecule has 0 spiro atoms. The Morgan fingerprint density at radius 2 is 1.96 bits per heavy atom. The van der Waals surface area contributed by atoms with Crippen molar-refractivity contribution in [1.29, 1.82) is 0 Å². The number of amides is 1. The van der Waals surface area contributed by atoms with Crippen LogP contribution in [0.5, 0.6) is 0 Å². The molecular formula is C19H28N2O3S. The number of nitrogens with one attached hydrogen (secondary N) is 1. The minimum atomic E-state index is -0.295.